The number of carbonyl (C=O) groups excluding carboxylic acids is 1. The van der Waals surface area contributed by atoms with Crippen molar-refractivity contribution in [3.05, 3.63) is 58.7 Å². The zero-order chi connectivity index (χ0) is 17.9. The molecule has 1 saturated heterocycles. The Bertz CT molecular complexity index is 806. The smallest absolute Gasteiger partial charge is 0.227 e. The molecule has 2 aromatic rings. The second kappa shape index (κ2) is 7.54. The number of morpholine rings is 1. The van der Waals surface area contributed by atoms with Gasteiger partial charge in [0.2, 0.25) is 5.91 Å². The van der Waals surface area contributed by atoms with Crippen molar-refractivity contribution in [2.75, 3.05) is 19.7 Å². The molecule has 5 nitrogen and oxygen atoms in total. The van der Waals surface area contributed by atoms with Crippen LogP contribution in [-0.2, 0) is 28.8 Å². The Balaban J connectivity index is 1.43. The number of fused-ring (bicyclic) bond motifs is 1. The van der Waals surface area contributed by atoms with Gasteiger partial charge in [-0.05, 0) is 55.4 Å². The summed E-state index contributed by atoms with van der Waals surface area (Å²) in [5, 5.41) is 0. The number of rotatable bonds is 3. The fraction of sp³-hybridized carbons (Fsp3) is 0.476. The Morgan fingerprint density at radius 1 is 1.23 bits per heavy atom. The molecule has 0 N–H and O–H groups in total. The molecule has 1 amide bonds. The van der Waals surface area contributed by atoms with Crippen molar-refractivity contribution in [2.45, 2.75) is 45.1 Å². The first-order chi connectivity index (χ1) is 12.7. The summed E-state index contributed by atoms with van der Waals surface area (Å²) < 4.78 is 5.84. The van der Waals surface area contributed by atoms with Crippen LogP contribution in [0.2, 0.25) is 0 Å². The van der Waals surface area contributed by atoms with E-state index in [4.69, 9.17) is 4.74 Å². The molecule has 1 aliphatic heterocycles. The monoisotopic (exact) mass is 351 g/mol. The molecule has 0 radical (unpaired) electrons. The maximum atomic E-state index is 12.8. The summed E-state index contributed by atoms with van der Waals surface area (Å²) in [6, 6.07) is 8.43. The van der Waals surface area contributed by atoms with Crippen molar-refractivity contribution in [3.63, 3.8) is 0 Å². The fourth-order valence-electron chi connectivity index (χ4n) is 3.89. The van der Waals surface area contributed by atoms with Gasteiger partial charge in [0.1, 0.15) is 11.9 Å². The first kappa shape index (κ1) is 17.2. The van der Waals surface area contributed by atoms with E-state index in [1.807, 2.05) is 17.9 Å². The molecule has 1 atom stereocenters. The lowest BCUT2D eigenvalue weighted by Crippen LogP contribution is -2.43. The van der Waals surface area contributed by atoms with Crippen LogP contribution in [0.1, 0.15) is 47.2 Å². The first-order valence-corrected chi connectivity index (χ1v) is 9.48. The average Bonchev–Trinajstić information content (AvgIpc) is 2.68. The number of nitrogens with zero attached hydrogens (tertiary/aromatic N) is 3. The number of aryl methyl sites for hydroxylation is 3. The molecular formula is C21H25N3O2. The van der Waals surface area contributed by atoms with Crippen LogP contribution in [0.4, 0.5) is 0 Å². The lowest BCUT2D eigenvalue weighted by molar-refractivity contribution is -0.138. The van der Waals surface area contributed by atoms with Crippen molar-refractivity contribution in [1.29, 1.82) is 0 Å². The summed E-state index contributed by atoms with van der Waals surface area (Å²) in [6.45, 7) is 3.61. The number of hydrogen-bond acceptors (Lipinski definition) is 4. The van der Waals surface area contributed by atoms with Crippen LogP contribution in [0.15, 0.2) is 30.5 Å². The van der Waals surface area contributed by atoms with Crippen molar-refractivity contribution in [2.24, 2.45) is 0 Å². The molecule has 1 aromatic heterocycles. The highest BCUT2D eigenvalue weighted by Gasteiger charge is 2.26. The second-order valence-corrected chi connectivity index (χ2v) is 7.21. The highest BCUT2D eigenvalue weighted by Crippen LogP contribution is 2.24. The fourth-order valence-corrected chi connectivity index (χ4v) is 3.89. The van der Waals surface area contributed by atoms with Crippen LogP contribution in [-0.4, -0.2) is 40.5 Å². The van der Waals surface area contributed by atoms with Crippen molar-refractivity contribution < 1.29 is 9.53 Å². The molecule has 1 unspecified atom stereocenters. The van der Waals surface area contributed by atoms with E-state index in [0.29, 0.717) is 26.1 Å². The molecule has 0 saturated carbocycles. The van der Waals surface area contributed by atoms with Crippen molar-refractivity contribution in [1.82, 2.24) is 14.9 Å². The number of ether oxygens (including phenoxy) is 1. The molecule has 0 spiro atoms. The van der Waals surface area contributed by atoms with Gasteiger partial charge in [-0.15, -0.1) is 0 Å². The van der Waals surface area contributed by atoms with Gasteiger partial charge in [0.15, 0.2) is 0 Å². The molecule has 1 aliphatic carbocycles. The van der Waals surface area contributed by atoms with E-state index in [1.54, 1.807) is 6.20 Å². The second-order valence-electron chi connectivity index (χ2n) is 7.21. The van der Waals surface area contributed by atoms with Crippen molar-refractivity contribution >= 4 is 5.91 Å². The molecule has 1 aromatic carbocycles. The molecule has 5 heteroatoms. The third-order valence-electron chi connectivity index (χ3n) is 5.31. The lowest BCUT2D eigenvalue weighted by atomic mass is 9.90. The van der Waals surface area contributed by atoms with Gasteiger partial charge in [0.25, 0.3) is 0 Å². The number of benzene rings is 1. The summed E-state index contributed by atoms with van der Waals surface area (Å²) in [5.41, 5.74) is 4.86. The Morgan fingerprint density at radius 2 is 2.08 bits per heavy atom. The van der Waals surface area contributed by atoms with E-state index in [9.17, 15) is 4.79 Å². The highest BCUT2D eigenvalue weighted by molar-refractivity contribution is 5.79. The molecule has 26 heavy (non-hydrogen) atoms. The van der Waals surface area contributed by atoms with E-state index in [-0.39, 0.29) is 12.0 Å². The first-order valence-electron chi connectivity index (χ1n) is 9.48. The van der Waals surface area contributed by atoms with E-state index >= 15 is 0 Å². The summed E-state index contributed by atoms with van der Waals surface area (Å²) in [7, 11) is 0. The van der Waals surface area contributed by atoms with Crippen LogP contribution < -0.4 is 0 Å². The predicted molar refractivity (Wildman–Crippen MR) is 98.8 cm³/mol. The Hall–Kier alpha value is -2.27. The van der Waals surface area contributed by atoms with Gasteiger partial charge in [-0.1, -0.05) is 18.2 Å². The van der Waals surface area contributed by atoms with Crippen LogP contribution in [0.3, 0.4) is 0 Å². The lowest BCUT2D eigenvalue weighted by Gasteiger charge is -2.33. The van der Waals surface area contributed by atoms with Gasteiger partial charge in [0.05, 0.1) is 25.3 Å². The highest BCUT2D eigenvalue weighted by atomic mass is 16.5. The molecule has 2 aliphatic rings. The molecule has 0 bridgehead atoms. The normalized spacial score (nSPS) is 19.9. The van der Waals surface area contributed by atoms with Crippen LogP contribution in [0.25, 0.3) is 0 Å². The third kappa shape index (κ3) is 3.78. The maximum absolute atomic E-state index is 12.8. The summed E-state index contributed by atoms with van der Waals surface area (Å²) in [5.74, 6) is 0.892. The number of carbonyl (C=O) groups is 1. The standard InChI is InChI=1S/C21H25N3O2/c1-15-22-9-8-19(23-15)20-14-24(10-11-26-20)21(25)13-16-6-7-17-4-2-3-5-18(17)12-16/h6-9,12,20H,2-5,10-11,13-14H2,1H3. The number of hydrogen-bond donors (Lipinski definition) is 0. The molecular weight excluding hydrogens is 326 g/mol. The van der Waals surface area contributed by atoms with Crippen LogP contribution in [0.5, 0.6) is 0 Å². The zero-order valence-corrected chi connectivity index (χ0v) is 15.3. The molecule has 136 valence electrons. The molecule has 2 heterocycles. The van der Waals surface area contributed by atoms with Gasteiger partial charge >= 0.3 is 0 Å². The van der Waals surface area contributed by atoms with E-state index in [2.05, 4.69) is 28.2 Å². The third-order valence-corrected chi connectivity index (χ3v) is 5.31. The van der Waals surface area contributed by atoms with Crippen LogP contribution in [0, 0.1) is 6.92 Å². The average molecular weight is 351 g/mol. The predicted octanol–water partition coefficient (Wildman–Crippen LogP) is 2.81. The maximum Gasteiger partial charge on any atom is 0.227 e. The minimum absolute atomic E-state index is 0.167. The SMILES string of the molecule is Cc1nccc(C2CN(C(=O)Cc3ccc4c(c3)CCCC4)CCO2)n1. The minimum atomic E-state index is -0.169. The van der Waals surface area contributed by atoms with Gasteiger partial charge in [0, 0.05) is 12.7 Å². The topological polar surface area (TPSA) is 55.3 Å². The van der Waals surface area contributed by atoms with Gasteiger partial charge in [-0.3, -0.25) is 4.79 Å². The summed E-state index contributed by atoms with van der Waals surface area (Å²) >= 11 is 0. The van der Waals surface area contributed by atoms with Crippen molar-refractivity contribution in [3.8, 4) is 0 Å². The number of amides is 1. The quantitative estimate of drug-likeness (QED) is 0.853. The van der Waals surface area contributed by atoms with E-state index in [0.717, 1.165) is 23.5 Å². The Morgan fingerprint density at radius 3 is 2.92 bits per heavy atom. The van der Waals surface area contributed by atoms with E-state index in [1.165, 1.54) is 30.4 Å². The van der Waals surface area contributed by atoms with Crippen LogP contribution >= 0.6 is 0 Å². The van der Waals surface area contributed by atoms with E-state index < -0.39 is 0 Å². The minimum Gasteiger partial charge on any atom is -0.368 e. The summed E-state index contributed by atoms with van der Waals surface area (Å²) in [4.78, 5) is 23.3. The van der Waals surface area contributed by atoms with Gasteiger partial charge in [-0.2, -0.15) is 0 Å². The van der Waals surface area contributed by atoms with Gasteiger partial charge < -0.3 is 9.64 Å². The molecule has 1 fully saturated rings. The zero-order valence-electron chi connectivity index (χ0n) is 15.3. The Kier molecular flexibility index (Phi) is 4.98. The Labute approximate surface area is 154 Å². The van der Waals surface area contributed by atoms with Gasteiger partial charge in [-0.25, -0.2) is 9.97 Å². The summed E-state index contributed by atoms with van der Waals surface area (Å²) in [6.07, 6.45) is 6.89. The number of aromatic nitrogens is 2. The largest absolute Gasteiger partial charge is 0.368 e. The molecule has 4 rings (SSSR count).